The topological polar surface area (TPSA) is 67.3 Å². The Bertz CT molecular complexity index is 989. The zero-order chi connectivity index (χ0) is 18.8. The number of fused-ring (bicyclic) bond motifs is 1. The van der Waals surface area contributed by atoms with E-state index >= 15 is 0 Å². The van der Waals surface area contributed by atoms with Crippen molar-refractivity contribution in [1.82, 2.24) is 9.97 Å². The van der Waals surface area contributed by atoms with Crippen LogP contribution in [0.5, 0.6) is 5.75 Å². The molecule has 0 radical (unpaired) electrons. The van der Waals surface area contributed by atoms with Gasteiger partial charge in [0.05, 0.1) is 7.11 Å². The fourth-order valence-electron chi connectivity index (χ4n) is 3.41. The molecule has 1 atom stereocenters. The molecule has 0 saturated heterocycles. The van der Waals surface area contributed by atoms with Crippen molar-refractivity contribution in [2.75, 3.05) is 17.3 Å². The van der Waals surface area contributed by atoms with Crippen LogP contribution in [0.25, 0.3) is 0 Å². The summed E-state index contributed by atoms with van der Waals surface area (Å²) in [7, 11) is 1.59. The van der Waals surface area contributed by atoms with Crippen molar-refractivity contribution >= 4 is 23.1 Å². The maximum atomic E-state index is 12.6. The van der Waals surface area contributed by atoms with Crippen molar-refractivity contribution in [3.05, 3.63) is 72.2 Å². The van der Waals surface area contributed by atoms with Gasteiger partial charge < -0.3 is 15.0 Å². The number of hydrogen-bond donors (Lipinski definition) is 1. The molecule has 0 bridgehead atoms. The predicted molar refractivity (Wildman–Crippen MR) is 105 cm³/mol. The standard InChI is InChI=1S/C21H20N4O2/c1-14-10-15-6-3-4-9-19(15)25(14)20-12-18(22-13-23-20)21(26)24-16-7-5-8-17(11-16)27-2/h3-9,11-14H,10H2,1-2H3,(H,24,26). The first-order valence-electron chi connectivity index (χ1n) is 8.80. The molecule has 136 valence electrons. The minimum Gasteiger partial charge on any atom is -0.497 e. The lowest BCUT2D eigenvalue weighted by atomic mass is 10.1. The lowest BCUT2D eigenvalue weighted by Crippen LogP contribution is -2.25. The number of rotatable bonds is 4. The number of benzene rings is 2. The molecule has 2 aromatic carbocycles. The third-order valence-electron chi connectivity index (χ3n) is 4.67. The van der Waals surface area contributed by atoms with Crippen LogP contribution in [0.4, 0.5) is 17.2 Å². The van der Waals surface area contributed by atoms with E-state index < -0.39 is 0 Å². The van der Waals surface area contributed by atoms with Crippen molar-refractivity contribution in [3.63, 3.8) is 0 Å². The van der Waals surface area contributed by atoms with Crippen molar-refractivity contribution in [3.8, 4) is 5.75 Å². The van der Waals surface area contributed by atoms with Crippen molar-refractivity contribution in [2.45, 2.75) is 19.4 Å². The molecule has 6 heteroatoms. The Morgan fingerprint density at radius 2 is 2.00 bits per heavy atom. The molecule has 2 heterocycles. The molecule has 1 aromatic heterocycles. The van der Waals surface area contributed by atoms with Gasteiger partial charge in [-0.1, -0.05) is 24.3 Å². The first-order chi connectivity index (χ1) is 13.2. The average molecular weight is 360 g/mol. The highest BCUT2D eigenvalue weighted by molar-refractivity contribution is 6.03. The Kier molecular flexibility index (Phi) is 4.46. The number of ether oxygens (including phenoxy) is 1. The Hall–Kier alpha value is -3.41. The second-order valence-electron chi connectivity index (χ2n) is 6.50. The summed E-state index contributed by atoms with van der Waals surface area (Å²) in [5, 5.41) is 2.85. The van der Waals surface area contributed by atoms with E-state index in [0.29, 0.717) is 17.1 Å². The second-order valence-corrected chi connectivity index (χ2v) is 6.50. The number of methoxy groups -OCH3 is 1. The van der Waals surface area contributed by atoms with Gasteiger partial charge in [-0.05, 0) is 37.1 Å². The maximum absolute atomic E-state index is 12.6. The van der Waals surface area contributed by atoms with Crippen LogP contribution in [0.15, 0.2) is 60.9 Å². The first-order valence-corrected chi connectivity index (χ1v) is 8.80. The van der Waals surface area contributed by atoms with Gasteiger partial charge in [-0.15, -0.1) is 0 Å². The molecule has 1 unspecified atom stereocenters. The normalized spacial score (nSPS) is 15.3. The van der Waals surface area contributed by atoms with Crippen LogP contribution < -0.4 is 15.0 Å². The van der Waals surface area contributed by atoms with Crippen LogP contribution in [0.3, 0.4) is 0 Å². The Morgan fingerprint density at radius 1 is 1.15 bits per heavy atom. The molecule has 0 saturated carbocycles. The van der Waals surface area contributed by atoms with Gasteiger partial charge in [0.15, 0.2) is 0 Å². The van der Waals surface area contributed by atoms with E-state index in [2.05, 4.69) is 39.2 Å². The fraction of sp³-hybridized carbons (Fsp3) is 0.190. The van der Waals surface area contributed by atoms with E-state index in [9.17, 15) is 4.79 Å². The molecule has 3 aromatic rings. The molecule has 1 N–H and O–H groups in total. The van der Waals surface area contributed by atoms with Gasteiger partial charge in [0.1, 0.15) is 23.6 Å². The van der Waals surface area contributed by atoms with Gasteiger partial charge in [0.2, 0.25) is 0 Å². The molecule has 4 rings (SSSR count). The third kappa shape index (κ3) is 3.33. The Balaban J connectivity index is 1.60. The minimum atomic E-state index is -0.285. The number of aromatic nitrogens is 2. The molecule has 0 spiro atoms. The average Bonchev–Trinajstić information content (AvgIpc) is 3.04. The van der Waals surface area contributed by atoms with E-state index in [0.717, 1.165) is 17.9 Å². The third-order valence-corrected chi connectivity index (χ3v) is 4.67. The van der Waals surface area contributed by atoms with Gasteiger partial charge in [-0.2, -0.15) is 0 Å². The van der Waals surface area contributed by atoms with Crippen LogP contribution in [-0.2, 0) is 6.42 Å². The largest absolute Gasteiger partial charge is 0.497 e. The van der Waals surface area contributed by atoms with Gasteiger partial charge in [0.25, 0.3) is 5.91 Å². The van der Waals surface area contributed by atoms with Crippen LogP contribution in [-0.4, -0.2) is 29.0 Å². The summed E-state index contributed by atoms with van der Waals surface area (Å²) in [4.78, 5) is 23.4. The summed E-state index contributed by atoms with van der Waals surface area (Å²) in [6.45, 7) is 2.15. The SMILES string of the molecule is COc1cccc(NC(=O)c2cc(N3c4ccccc4CC3C)ncn2)c1. The molecular weight excluding hydrogens is 340 g/mol. The Morgan fingerprint density at radius 3 is 2.85 bits per heavy atom. The van der Waals surface area contributed by atoms with Gasteiger partial charge in [-0.3, -0.25) is 4.79 Å². The summed E-state index contributed by atoms with van der Waals surface area (Å²) in [6, 6.07) is 17.5. The zero-order valence-electron chi connectivity index (χ0n) is 15.2. The van der Waals surface area contributed by atoms with Gasteiger partial charge >= 0.3 is 0 Å². The van der Waals surface area contributed by atoms with E-state index in [-0.39, 0.29) is 11.9 Å². The molecule has 0 fully saturated rings. The highest BCUT2D eigenvalue weighted by atomic mass is 16.5. The molecule has 27 heavy (non-hydrogen) atoms. The quantitative estimate of drug-likeness (QED) is 0.766. The highest BCUT2D eigenvalue weighted by Gasteiger charge is 2.28. The maximum Gasteiger partial charge on any atom is 0.274 e. The number of carbonyl (C=O) groups is 1. The molecule has 1 amide bonds. The van der Waals surface area contributed by atoms with Crippen molar-refractivity contribution in [2.24, 2.45) is 0 Å². The van der Waals surface area contributed by atoms with Crippen LogP contribution in [0.2, 0.25) is 0 Å². The van der Waals surface area contributed by atoms with E-state index in [1.165, 1.54) is 11.9 Å². The smallest absolute Gasteiger partial charge is 0.274 e. The van der Waals surface area contributed by atoms with E-state index in [4.69, 9.17) is 4.74 Å². The fourth-order valence-corrected chi connectivity index (χ4v) is 3.41. The van der Waals surface area contributed by atoms with Crippen LogP contribution in [0, 0.1) is 0 Å². The molecule has 6 nitrogen and oxygen atoms in total. The van der Waals surface area contributed by atoms with Gasteiger partial charge in [-0.25, -0.2) is 9.97 Å². The van der Waals surface area contributed by atoms with Gasteiger partial charge in [0, 0.05) is 29.5 Å². The van der Waals surface area contributed by atoms with E-state index in [1.54, 1.807) is 25.3 Å². The number of carbonyl (C=O) groups excluding carboxylic acids is 1. The van der Waals surface area contributed by atoms with Crippen molar-refractivity contribution in [1.29, 1.82) is 0 Å². The number of nitrogens with one attached hydrogen (secondary N) is 1. The second kappa shape index (κ2) is 7.07. The monoisotopic (exact) mass is 360 g/mol. The minimum absolute atomic E-state index is 0.270. The summed E-state index contributed by atoms with van der Waals surface area (Å²) in [5.41, 5.74) is 3.38. The summed E-state index contributed by atoms with van der Waals surface area (Å²) in [5.74, 6) is 1.11. The summed E-state index contributed by atoms with van der Waals surface area (Å²) in [6.07, 6.45) is 2.38. The highest BCUT2D eigenvalue weighted by Crippen LogP contribution is 2.37. The lowest BCUT2D eigenvalue weighted by Gasteiger charge is -2.23. The number of hydrogen-bond acceptors (Lipinski definition) is 5. The Labute approximate surface area is 157 Å². The molecule has 1 aliphatic heterocycles. The molecular formula is C21H20N4O2. The summed E-state index contributed by atoms with van der Waals surface area (Å²) < 4.78 is 5.19. The number of amides is 1. The lowest BCUT2D eigenvalue weighted by molar-refractivity contribution is 0.102. The summed E-state index contributed by atoms with van der Waals surface area (Å²) >= 11 is 0. The number of anilines is 3. The van der Waals surface area contributed by atoms with E-state index in [1.807, 2.05) is 24.3 Å². The number of para-hydroxylation sites is 1. The predicted octanol–water partition coefficient (Wildman–Crippen LogP) is 3.82. The first kappa shape index (κ1) is 17.0. The zero-order valence-corrected chi connectivity index (χ0v) is 15.2. The van der Waals surface area contributed by atoms with Crippen molar-refractivity contribution < 1.29 is 9.53 Å². The number of nitrogens with zero attached hydrogens (tertiary/aromatic N) is 3. The molecule has 0 aliphatic carbocycles. The van der Waals surface area contributed by atoms with Crippen LogP contribution >= 0.6 is 0 Å². The van der Waals surface area contributed by atoms with Crippen LogP contribution in [0.1, 0.15) is 23.0 Å². The molecule has 1 aliphatic rings.